The largest absolute Gasteiger partial charge is 0.396 e. The van der Waals surface area contributed by atoms with Crippen molar-refractivity contribution in [1.82, 2.24) is 0 Å². The van der Waals surface area contributed by atoms with Crippen LogP contribution >= 0.6 is 0 Å². The van der Waals surface area contributed by atoms with Crippen LogP contribution in [0.5, 0.6) is 0 Å². The van der Waals surface area contributed by atoms with Gasteiger partial charge in [-0.05, 0) is 36.2 Å². The molecule has 0 unspecified atom stereocenters. The predicted molar refractivity (Wildman–Crippen MR) is 71.6 cm³/mol. The third kappa shape index (κ3) is 3.18. The first-order chi connectivity index (χ1) is 8.79. The zero-order valence-electron chi connectivity index (χ0n) is 9.97. The highest BCUT2D eigenvalue weighted by molar-refractivity contribution is 6.04. The molecule has 2 aromatic carbocycles. The molecule has 18 heavy (non-hydrogen) atoms. The molecular weight excluding hydrogens is 226 g/mol. The average molecular weight is 241 g/mol. The van der Waals surface area contributed by atoms with E-state index in [4.69, 9.17) is 5.11 Å². The van der Waals surface area contributed by atoms with Crippen molar-refractivity contribution < 1.29 is 9.90 Å². The number of benzene rings is 2. The van der Waals surface area contributed by atoms with E-state index in [0.717, 1.165) is 11.3 Å². The summed E-state index contributed by atoms with van der Waals surface area (Å²) in [5, 5.41) is 11.7. The van der Waals surface area contributed by atoms with Crippen LogP contribution in [0.25, 0.3) is 0 Å². The van der Waals surface area contributed by atoms with Gasteiger partial charge in [0.25, 0.3) is 5.91 Å². The molecule has 0 radical (unpaired) electrons. The van der Waals surface area contributed by atoms with Gasteiger partial charge in [-0.15, -0.1) is 0 Å². The molecule has 3 nitrogen and oxygen atoms in total. The Hall–Kier alpha value is -2.13. The van der Waals surface area contributed by atoms with Crippen LogP contribution in [0.4, 0.5) is 5.69 Å². The number of carbonyl (C=O) groups is 1. The summed E-state index contributed by atoms with van der Waals surface area (Å²) in [5.74, 6) is -0.128. The summed E-state index contributed by atoms with van der Waals surface area (Å²) < 4.78 is 0. The normalized spacial score (nSPS) is 10.1. The Balaban J connectivity index is 2.10. The van der Waals surface area contributed by atoms with Crippen LogP contribution in [-0.2, 0) is 6.42 Å². The number of nitrogens with one attached hydrogen (secondary N) is 1. The highest BCUT2D eigenvalue weighted by Crippen LogP contribution is 2.12. The second-order valence-electron chi connectivity index (χ2n) is 3.99. The van der Waals surface area contributed by atoms with E-state index in [2.05, 4.69) is 5.32 Å². The Bertz CT molecular complexity index is 523. The molecule has 2 rings (SSSR count). The van der Waals surface area contributed by atoms with Crippen LogP contribution < -0.4 is 5.32 Å². The number of rotatable bonds is 4. The van der Waals surface area contributed by atoms with Crippen molar-refractivity contribution >= 4 is 11.6 Å². The molecule has 0 saturated heterocycles. The molecule has 3 heteroatoms. The summed E-state index contributed by atoms with van der Waals surface area (Å²) in [4.78, 5) is 11.9. The van der Waals surface area contributed by atoms with Gasteiger partial charge in [0.15, 0.2) is 0 Å². The van der Waals surface area contributed by atoms with Crippen LogP contribution in [0.2, 0.25) is 0 Å². The van der Waals surface area contributed by atoms with Gasteiger partial charge in [-0.25, -0.2) is 0 Å². The number of carbonyl (C=O) groups excluding carboxylic acids is 1. The molecule has 0 aliphatic rings. The van der Waals surface area contributed by atoms with E-state index >= 15 is 0 Å². The minimum absolute atomic E-state index is 0.107. The van der Waals surface area contributed by atoms with Gasteiger partial charge in [-0.2, -0.15) is 0 Å². The molecule has 0 aliphatic carbocycles. The summed E-state index contributed by atoms with van der Waals surface area (Å²) in [7, 11) is 0. The van der Waals surface area contributed by atoms with Gasteiger partial charge in [-0.3, -0.25) is 4.79 Å². The van der Waals surface area contributed by atoms with E-state index in [1.54, 1.807) is 12.1 Å². The molecule has 92 valence electrons. The van der Waals surface area contributed by atoms with Crippen LogP contribution in [0.1, 0.15) is 15.9 Å². The first kappa shape index (κ1) is 12.3. The van der Waals surface area contributed by atoms with E-state index in [0.29, 0.717) is 12.0 Å². The molecule has 0 heterocycles. The standard InChI is InChI=1S/C15H15NO2/c17-10-9-12-5-4-8-14(11-12)16-15(18)13-6-2-1-3-7-13/h1-8,11,17H,9-10H2,(H,16,18). The third-order valence-electron chi connectivity index (χ3n) is 2.62. The van der Waals surface area contributed by atoms with Crippen molar-refractivity contribution in [3.63, 3.8) is 0 Å². The fourth-order valence-electron chi connectivity index (χ4n) is 1.73. The molecule has 0 fully saturated rings. The fourth-order valence-corrected chi connectivity index (χ4v) is 1.73. The zero-order valence-corrected chi connectivity index (χ0v) is 9.97. The van der Waals surface area contributed by atoms with Crippen LogP contribution in [0.15, 0.2) is 54.6 Å². The minimum Gasteiger partial charge on any atom is -0.396 e. The summed E-state index contributed by atoms with van der Waals surface area (Å²) in [5.41, 5.74) is 2.38. The maximum Gasteiger partial charge on any atom is 0.255 e. The van der Waals surface area contributed by atoms with Crippen molar-refractivity contribution in [3.8, 4) is 0 Å². The second-order valence-corrected chi connectivity index (χ2v) is 3.99. The molecule has 0 bridgehead atoms. The number of amides is 1. The van der Waals surface area contributed by atoms with Crippen molar-refractivity contribution in [2.24, 2.45) is 0 Å². The number of hydrogen-bond donors (Lipinski definition) is 2. The van der Waals surface area contributed by atoms with E-state index < -0.39 is 0 Å². The summed E-state index contributed by atoms with van der Waals surface area (Å²) in [6, 6.07) is 16.6. The molecule has 0 atom stereocenters. The molecule has 0 aliphatic heterocycles. The maximum atomic E-state index is 11.9. The minimum atomic E-state index is -0.128. The van der Waals surface area contributed by atoms with Crippen molar-refractivity contribution in [1.29, 1.82) is 0 Å². The Morgan fingerprint density at radius 3 is 2.56 bits per heavy atom. The Morgan fingerprint density at radius 2 is 1.83 bits per heavy atom. The fraction of sp³-hybridized carbons (Fsp3) is 0.133. The number of aliphatic hydroxyl groups is 1. The molecule has 2 N–H and O–H groups in total. The first-order valence-electron chi connectivity index (χ1n) is 5.86. The van der Waals surface area contributed by atoms with E-state index in [1.807, 2.05) is 42.5 Å². The van der Waals surface area contributed by atoms with E-state index in [-0.39, 0.29) is 12.5 Å². The molecule has 0 spiro atoms. The molecule has 0 aromatic heterocycles. The second kappa shape index (κ2) is 5.98. The van der Waals surface area contributed by atoms with Gasteiger partial charge >= 0.3 is 0 Å². The number of hydrogen-bond acceptors (Lipinski definition) is 2. The SMILES string of the molecule is O=C(Nc1cccc(CCO)c1)c1ccccc1. The monoisotopic (exact) mass is 241 g/mol. The Labute approximate surface area is 106 Å². The first-order valence-corrected chi connectivity index (χ1v) is 5.86. The lowest BCUT2D eigenvalue weighted by molar-refractivity contribution is 0.102. The summed E-state index contributed by atoms with van der Waals surface area (Å²) >= 11 is 0. The van der Waals surface area contributed by atoms with Gasteiger partial charge in [0.1, 0.15) is 0 Å². The smallest absolute Gasteiger partial charge is 0.255 e. The van der Waals surface area contributed by atoms with Crippen LogP contribution in [0.3, 0.4) is 0 Å². The lowest BCUT2D eigenvalue weighted by Gasteiger charge is -2.06. The quantitative estimate of drug-likeness (QED) is 0.864. The maximum absolute atomic E-state index is 11.9. The summed E-state index contributed by atoms with van der Waals surface area (Å²) in [6.45, 7) is 0.107. The third-order valence-corrected chi connectivity index (χ3v) is 2.62. The van der Waals surface area contributed by atoms with Gasteiger partial charge in [-0.1, -0.05) is 30.3 Å². The van der Waals surface area contributed by atoms with Crippen molar-refractivity contribution in [2.75, 3.05) is 11.9 Å². The highest BCUT2D eigenvalue weighted by atomic mass is 16.2. The van der Waals surface area contributed by atoms with Gasteiger partial charge in [0, 0.05) is 17.9 Å². The Kier molecular flexibility index (Phi) is 4.10. The molecule has 0 saturated carbocycles. The molecule has 2 aromatic rings. The van der Waals surface area contributed by atoms with Crippen molar-refractivity contribution in [3.05, 3.63) is 65.7 Å². The van der Waals surface area contributed by atoms with Crippen molar-refractivity contribution in [2.45, 2.75) is 6.42 Å². The topological polar surface area (TPSA) is 49.3 Å². The van der Waals surface area contributed by atoms with E-state index in [1.165, 1.54) is 0 Å². The van der Waals surface area contributed by atoms with E-state index in [9.17, 15) is 4.79 Å². The lowest BCUT2D eigenvalue weighted by atomic mass is 10.1. The molecule has 1 amide bonds. The predicted octanol–water partition coefficient (Wildman–Crippen LogP) is 2.47. The lowest BCUT2D eigenvalue weighted by Crippen LogP contribution is -2.11. The van der Waals surface area contributed by atoms with Gasteiger partial charge < -0.3 is 10.4 Å². The van der Waals surface area contributed by atoms with Gasteiger partial charge in [0.05, 0.1) is 0 Å². The summed E-state index contributed by atoms with van der Waals surface area (Å²) in [6.07, 6.45) is 0.592. The van der Waals surface area contributed by atoms with Crippen LogP contribution in [0, 0.1) is 0 Å². The highest BCUT2D eigenvalue weighted by Gasteiger charge is 2.05. The van der Waals surface area contributed by atoms with Gasteiger partial charge in [0.2, 0.25) is 0 Å². The molecular formula is C15H15NO2. The Morgan fingerprint density at radius 1 is 1.06 bits per heavy atom. The number of anilines is 1. The van der Waals surface area contributed by atoms with Crippen LogP contribution in [-0.4, -0.2) is 17.6 Å². The average Bonchev–Trinajstić information content (AvgIpc) is 2.40. The number of aliphatic hydroxyl groups excluding tert-OH is 1. The zero-order chi connectivity index (χ0) is 12.8.